The summed E-state index contributed by atoms with van der Waals surface area (Å²) in [6.45, 7) is 0.155. The van der Waals surface area contributed by atoms with E-state index < -0.39 is 15.1 Å². The molecule has 2 N–H and O–H groups in total. The van der Waals surface area contributed by atoms with Crippen molar-refractivity contribution in [2.45, 2.75) is 18.1 Å². The van der Waals surface area contributed by atoms with Gasteiger partial charge in [-0.1, -0.05) is 18.2 Å². The van der Waals surface area contributed by atoms with E-state index in [2.05, 4.69) is 15.5 Å². The molecule has 7 heteroatoms. The van der Waals surface area contributed by atoms with Crippen LogP contribution in [0.4, 0.5) is 0 Å². The summed E-state index contributed by atoms with van der Waals surface area (Å²) in [6, 6.07) is 7.32. The highest BCUT2D eigenvalue weighted by atomic mass is 32.2. The molecule has 6 nitrogen and oxygen atoms in total. The summed E-state index contributed by atoms with van der Waals surface area (Å²) in [4.78, 5) is 12.1. The van der Waals surface area contributed by atoms with Gasteiger partial charge in [-0.3, -0.25) is 9.89 Å². The second-order valence-electron chi connectivity index (χ2n) is 4.96. The second-order valence-corrected chi connectivity index (χ2v) is 7.36. The summed E-state index contributed by atoms with van der Waals surface area (Å²) in [5.74, 6) is -0.122. The zero-order valence-corrected chi connectivity index (χ0v) is 11.6. The number of carbonyl (C=O) groups excluding carboxylic acids is 1. The minimum Gasteiger partial charge on any atom is -0.349 e. The van der Waals surface area contributed by atoms with Crippen molar-refractivity contribution in [3.63, 3.8) is 0 Å². The Morgan fingerprint density at radius 1 is 1.40 bits per heavy atom. The van der Waals surface area contributed by atoms with Crippen molar-refractivity contribution in [2.24, 2.45) is 0 Å². The lowest BCUT2D eigenvalue weighted by molar-refractivity contribution is 0.0950. The van der Waals surface area contributed by atoms with Crippen LogP contribution < -0.4 is 5.32 Å². The average Bonchev–Trinajstić information content (AvgIpc) is 2.99. The Kier molecular flexibility index (Phi) is 3.21. The first-order valence-electron chi connectivity index (χ1n) is 6.51. The molecule has 20 heavy (non-hydrogen) atoms. The number of nitrogens with one attached hydrogen (secondary N) is 2. The van der Waals surface area contributed by atoms with Crippen molar-refractivity contribution in [1.29, 1.82) is 0 Å². The number of fused-ring (bicyclic) bond motifs is 1. The number of rotatable bonds is 3. The van der Waals surface area contributed by atoms with Crippen molar-refractivity contribution in [3.05, 3.63) is 30.0 Å². The van der Waals surface area contributed by atoms with Crippen LogP contribution in [0.25, 0.3) is 10.9 Å². The third kappa shape index (κ3) is 2.29. The van der Waals surface area contributed by atoms with Crippen molar-refractivity contribution < 1.29 is 13.2 Å². The van der Waals surface area contributed by atoms with E-state index in [1.807, 2.05) is 18.2 Å². The lowest BCUT2D eigenvalue weighted by Crippen LogP contribution is -2.34. The van der Waals surface area contributed by atoms with Gasteiger partial charge < -0.3 is 5.32 Å². The molecular formula is C13H15N3O3S. The number of carbonyl (C=O) groups is 1. The number of aromatic amines is 1. The number of amides is 1. The van der Waals surface area contributed by atoms with Gasteiger partial charge in [0.25, 0.3) is 5.91 Å². The van der Waals surface area contributed by atoms with Crippen molar-refractivity contribution in [1.82, 2.24) is 15.5 Å². The first kappa shape index (κ1) is 13.1. The molecule has 2 heterocycles. The number of nitrogens with zero attached hydrogens (tertiary/aromatic N) is 1. The van der Waals surface area contributed by atoms with Gasteiger partial charge >= 0.3 is 0 Å². The number of aromatic nitrogens is 2. The Hall–Kier alpha value is -1.89. The smallest absolute Gasteiger partial charge is 0.272 e. The fourth-order valence-electron chi connectivity index (χ4n) is 2.51. The third-order valence-corrected chi connectivity index (χ3v) is 5.91. The molecule has 2 aromatic rings. The van der Waals surface area contributed by atoms with Crippen LogP contribution >= 0.6 is 0 Å². The van der Waals surface area contributed by atoms with Crippen LogP contribution in [-0.2, 0) is 9.84 Å². The molecule has 1 aliphatic heterocycles. The second kappa shape index (κ2) is 4.90. The fraction of sp³-hybridized carbons (Fsp3) is 0.385. The zero-order valence-electron chi connectivity index (χ0n) is 10.8. The van der Waals surface area contributed by atoms with E-state index in [4.69, 9.17) is 0 Å². The van der Waals surface area contributed by atoms with Gasteiger partial charge in [-0.2, -0.15) is 5.10 Å². The molecule has 0 bridgehead atoms. The summed E-state index contributed by atoms with van der Waals surface area (Å²) >= 11 is 0. The molecular weight excluding hydrogens is 278 g/mol. The Bertz CT molecular complexity index is 751. The molecule has 1 aliphatic rings. The zero-order chi connectivity index (χ0) is 14.2. The Labute approximate surface area is 116 Å². The number of para-hydroxylation sites is 1. The molecule has 1 atom stereocenters. The van der Waals surface area contributed by atoms with Gasteiger partial charge in [0.15, 0.2) is 15.5 Å². The van der Waals surface area contributed by atoms with Gasteiger partial charge in [0.1, 0.15) is 0 Å². The van der Waals surface area contributed by atoms with Crippen LogP contribution in [0, 0.1) is 0 Å². The average molecular weight is 293 g/mol. The van der Waals surface area contributed by atoms with E-state index in [9.17, 15) is 13.2 Å². The summed E-state index contributed by atoms with van der Waals surface area (Å²) in [7, 11) is -3.04. The molecule has 0 radical (unpaired) electrons. The maximum Gasteiger partial charge on any atom is 0.272 e. The molecule has 1 aromatic carbocycles. The van der Waals surface area contributed by atoms with E-state index >= 15 is 0 Å². The van der Waals surface area contributed by atoms with Crippen molar-refractivity contribution in [2.75, 3.05) is 12.3 Å². The number of hydrogen-bond donors (Lipinski definition) is 2. The molecule has 0 saturated carbocycles. The Morgan fingerprint density at radius 3 is 2.95 bits per heavy atom. The topological polar surface area (TPSA) is 91.9 Å². The van der Waals surface area contributed by atoms with Crippen LogP contribution in [0.5, 0.6) is 0 Å². The normalized spacial score (nSPS) is 21.1. The van der Waals surface area contributed by atoms with Crippen LogP contribution in [0.15, 0.2) is 24.3 Å². The number of H-pyrrole nitrogens is 1. The van der Waals surface area contributed by atoms with E-state index in [1.165, 1.54) is 0 Å². The molecule has 106 valence electrons. The molecule has 1 saturated heterocycles. The standard InChI is InChI=1S/C13H15N3O3S/c17-13(14-8-9-4-3-7-20(9,18)19)12-10-5-1-2-6-11(10)15-16-12/h1-2,5-6,9H,3-4,7-8H2,(H,14,17)(H,15,16). The largest absolute Gasteiger partial charge is 0.349 e. The van der Waals surface area contributed by atoms with E-state index in [1.54, 1.807) is 6.07 Å². The first-order valence-corrected chi connectivity index (χ1v) is 8.22. The molecule has 1 amide bonds. The highest BCUT2D eigenvalue weighted by Crippen LogP contribution is 2.19. The van der Waals surface area contributed by atoms with Crippen molar-refractivity contribution in [3.8, 4) is 0 Å². The maximum absolute atomic E-state index is 12.1. The molecule has 1 aromatic heterocycles. The molecule has 1 unspecified atom stereocenters. The van der Waals surface area contributed by atoms with Gasteiger partial charge in [-0.25, -0.2) is 8.42 Å². The number of hydrogen-bond acceptors (Lipinski definition) is 4. The van der Waals surface area contributed by atoms with Crippen LogP contribution in [-0.4, -0.2) is 42.1 Å². The van der Waals surface area contributed by atoms with E-state index in [0.29, 0.717) is 18.5 Å². The van der Waals surface area contributed by atoms with Gasteiger partial charge in [0.05, 0.1) is 16.5 Å². The van der Waals surface area contributed by atoms with Crippen LogP contribution in [0.3, 0.4) is 0 Å². The van der Waals surface area contributed by atoms with Gasteiger partial charge in [0.2, 0.25) is 0 Å². The molecule has 0 spiro atoms. The highest BCUT2D eigenvalue weighted by molar-refractivity contribution is 7.92. The highest BCUT2D eigenvalue weighted by Gasteiger charge is 2.31. The lowest BCUT2D eigenvalue weighted by atomic mass is 10.2. The Balaban J connectivity index is 1.74. The fourth-order valence-corrected chi connectivity index (χ4v) is 4.28. The molecule has 1 fully saturated rings. The predicted molar refractivity (Wildman–Crippen MR) is 75.2 cm³/mol. The van der Waals surface area contributed by atoms with Gasteiger partial charge in [-0.15, -0.1) is 0 Å². The van der Waals surface area contributed by atoms with E-state index in [0.717, 1.165) is 10.9 Å². The monoisotopic (exact) mass is 293 g/mol. The summed E-state index contributed by atoms with van der Waals surface area (Å²) in [5.41, 5.74) is 1.09. The minimum absolute atomic E-state index is 0.155. The number of benzene rings is 1. The van der Waals surface area contributed by atoms with Crippen LogP contribution in [0.1, 0.15) is 23.3 Å². The quantitative estimate of drug-likeness (QED) is 0.878. The minimum atomic E-state index is -3.04. The maximum atomic E-state index is 12.1. The lowest BCUT2D eigenvalue weighted by Gasteiger charge is -2.09. The van der Waals surface area contributed by atoms with Crippen molar-refractivity contribution >= 4 is 26.6 Å². The van der Waals surface area contributed by atoms with Gasteiger partial charge in [-0.05, 0) is 18.9 Å². The summed E-state index contributed by atoms with van der Waals surface area (Å²) in [6.07, 6.45) is 1.29. The predicted octanol–water partition coefficient (Wildman–Crippen LogP) is 0.870. The molecule has 0 aliphatic carbocycles. The SMILES string of the molecule is O=C(NCC1CCCS1(=O)=O)c1n[nH]c2ccccc12. The summed E-state index contributed by atoms with van der Waals surface area (Å²) < 4.78 is 23.4. The number of sulfone groups is 1. The summed E-state index contributed by atoms with van der Waals surface area (Å²) in [5, 5.41) is 9.72. The van der Waals surface area contributed by atoms with Gasteiger partial charge in [0, 0.05) is 11.9 Å². The third-order valence-electron chi connectivity index (χ3n) is 3.64. The van der Waals surface area contributed by atoms with Crippen LogP contribution in [0.2, 0.25) is 0 Å². The Morgan fingerprint density at radius 2 is 2.20 bits per heavy atom. The molecule has 3 rings (SSSR count). The first-order chi connectivity index (χ1) is 9.58. The van der Waals surface area contributed by atoms with E-state index in [-0.39, 0.29) is 18.2 Å².